The van der Waals surface area contributed by atoms with Gasteiger partial charge < -0.3 is 20.2 Å². The number of likely N-dealkylation sites (tertiary alicyclic amines) is 2. The molecule has 0 aromatic heterocycles. The lowest BCUT2D eigenvalue weighted by Gasteiger charge is -2.50. The van der Waals surface area contributed by atoms with Gasteiger partial charge in [0.2, 0.25) is 11.8 Å². The first-order valence-electron chi connectivity index (χ1n) is 9.11. The minimum atomic E-state index is -0.675. The van der Waals surface area contributed by atoms with Crippen LogP contribution in [0.15, 0.2) is 24.3 Å². The van der Waals surface area contributed by atoms with Gasteiger partial charge in [-0.15, -0.1) is 0 Å². The van der Waals surface area contributed by atoms with Crippen LogP contribution in [0.5, 0.6) is 0 Å². The Morgan fingerprint density at radius 2 is 2.08 bits per heavy atom. The van der Waals surface area contributed by atoms with Crippen molar-refractivity contribution in [1.82, 2.24) is 9.80 Å². The van der Waals surface area contributed by atoms with E-state index in [0.717, 1.165) is 6.54 Å². The van der Waals surface area contributed by atoms with Gasteiger partial charge in [0, 0.05) is 62.7 Å². The van der Waals surface area contributed by atoms with Crippen molar-refractivity contribution in [3.63, 3.8) is 0 Å². The maximum Gasteiger partial charge on any atom is 0.225 e. The molecule has 0 unspecified atom stereocenters. The standard InChI is InChI=1S/C19H26ClN3O3/c1-14(24)23-10-7-19(26)6-9-22(12-15(19)13-23)8-5-18(25)21-17-4-2-3-16(20)11-17/h2-4,11,15,26H,5-10,12-13H2,1H3,(H,21,25)/t15-,19-/m0/s1. The van der Waals surface area contributed by atoms with Crippen LogP contribution in [0.25, 0.3) is 0 Å². The molecule has 1 aromatic carbocycles. The summed E-state index contributed by atoms with van der Waals surface area (Å²) in [7, 11) is 0. The first-order chi connectivity index (χ1) is 12.4. The monoisotopic (exact) mass is 379 g/mol. The van der Waals surface area contributed by atoms with Gasteiger partial charge in [0.25, 0.3) is 0 Å². The van der Waals surface area contributed by atoms with Gasteiger partial charge in [-0.05, 0) is 31.0 Å². The number of anilines is 1. The number of amides is 2. The number of benzene rings is 1. The molecule has 3 rings (SSSR count). The number of carbonyl (C=O) groups excluding carboxylic acids is 2. The second kappa shape index (κ2) is 7.94. The van der Waals surface area contributed by atoms with Crippen molar-refractivity contribution in [3.8, 4) is 0 Å². The van der Waals surface area contributed by atoms with Crippen LogP contribution in [0.3, 0.4) is 0 Å². The number of rotatable bonds is 4. The first kappa shape index (κ1) is 19.1. The molecule has 0 saturated carbocycles. The van der Waals surface area contributed by atoms with Crippen LogP contribution < -0.4 is 5.32 Å². The fourth-order valence-electron chi connectivity index (χ4n) is 3.91. The normalized spacial score (nSPS) is 26.3. The van der Waals surface area contributed by atoms with E-state index in [-0.39, 0.29) is 17.7 Å². The summed E-state index contributed by atoms with van der Waals surface area (Å²) in [6.07, 6.45) is 1.72. The molecule has 2 heterocycles. The zero-order chi connectivity index (χ0) is 18.7. The highest BCUT2D eigenvalue weighted by Crippen LogP contribution is 2.35. The van der Waals surface area contributed by atoms with Crippen LogP contribution in [-0.2, 0) is 9.59 Å². The molecule has 0 radical (unpaired) electrons. The number of piperidine rings is 2. The van der Waals surface area contributed by atoms with Crippen LogP contribution in [0, 0.1) is 5.92 Å². The molecule has 0 spiro atoms. The summed E-state index contributed by atoms with van der Waals surface area (Å²) in [6, 6.07) is 7.09. The van der Waals surface area contributed by atoms with E-state index in [4.69, 9.17) is 11.6 Å². The quantitative estimate of drug-likeness (QED) is 0.839. The molecule has 2 atom stereocenters. The summed E-state index contributed by atoms with van der Waals surface area (Å²) in [4.78, 5) is 27.8. The number of aliphatic hydroxyl groups is 1. The molecule has 2 aliphatic rings. The Labute approximate surface area is 159 Å². The molecule has 142 valence electrons. The number of nitrogens with one attached hydrogen (secondary N) is 1. The number of fused-ring (bicyclic) bond motifs is 1. The van der Waals surface area contributed by atoms with E-state index in [0.29, 0.717) is 56.2 Å². The zero-order valence-electron chi connectivity index (χ0n) is 15.1. The number of halogens is 1. The summed E-state index contributed by atoms with van der Waals surface area (Å²) in [5.74, 6) is 0.0528. The summed E-state index contributed by atoms with van der Waals surface area (Å²) in [5, 5.41) is 14.3. The van der Waals surface area contributed by atoms with E-state index in [1.807, 2.05) is 11.0 Å². The van der Waals surface area contributed by atoms with Gasteiger partial charge >= 0.3 is 0 Å². The van der Waals surface area contributed by atoms with E-state index in [1.54, 1.807) is 25.1 Å². The SMILES string of the molecule is CC(=O)N1CC[C@@]2(O)CCN(CCC(=O)Nc3cccc(Cl)c3)C[C@H]2C1. The predicted octanol–water partition coefficient (Wildman–Crippen LogP) is 1.97. The minimum Gasteiger partial charge on any atom is -0.389 e. The van der Waals surface area contributed by atoms with Crippen molar-refractivity contribution in [2.24, 2.45) is 5.92 Å². The molecule has 2 amide bonds. The van der Waals surface area contributed by atoms with Crippen molar-refractivity contribution in [2.45, 2.75) is 31.8 Å². The van der Waals surface area contributed by atoms with Gasteiger partial charge in [-0.3, -0.25) is 9.59 Å². The van der Waals surface area contributed by atoms with E-state index in [1.165, 1.54) is 0 Å². The van der Waals surface area contributed by atoms with Gasteiger partial charge in [0.1, 0.15) is 0 Å². The van der Waals surface area contributed by atoms with Crippen molar-refractivity contribution in [3.05, 3.63) is 29.3 Å². The Balaban J connectivity index is 1.50. The lowest BCUT2D eigenvalue weighted by atomic mass is 9.75. The Morgan fingerprint density at radius 1 is 1.31 bits per heavy atom. The molecule has 0 aliphatic carbocycles. The van der Waals surface area contributed by atoms with Crippen molar-refractivity contribution < 1.29 is 14.7 Å². The van der Waals surface area contributed by atoms with E-state index < -0.39 is 5.60 Å². The lowest BCUT2D eigenvalue weighted by molar-refractivity contribution is -0.144. The summed E-state index contributed by atoms with van der Waals surface area (Å²) in [6.45, 7) is 4.92. The van der Waals surface area contributed by atoms with E-state index >= 15 is 0 Å². The fourth-order valence-corrected chi connectivity index (χ4v) is 4.10. The van der Waals surface area contributed by atoms with Gasteiger partial charge in [0.05, 0.1) is 5.60 Å². The number of nitrogens with zero attached hydrogens (tertiary/aromatic N) is 2. The molecule has 1 aromatic rings. The second-order valence-electron chi connectivity index (χ2n) is 7.37. The zero-order valence-corrected chi connectivity index (χ0v) is 15.8. The van der Waals surface area contributed by atoms with Gasteiger partial charge in [0.15, 0.2) is 0 Å². The maximum absolute atomic E-state index is 12.2. The van der Waals surface area contributed by atoms with Crippen LogP contribution >= 0.6 is 11.6 Å². The van der Waals surface area contributed by atoms with Crippen molar-refractivity contribution in [1.29, 1.82) is 0 Å². The molecular weight excluding hydrogens is 354 g/mol. The van der Waals surface area contributed by atoms with Crippen LogP contribution in [-0.4, -0.2) is 65.0 Å². The van der Waals surface area contributed by atoms with E-state index in [9.17, 15) is 14.7 Å². The lowest BCUT2D eigenvalue weighted by Crippen LogP contribution is -2.60. The largest absolute Gasteiger partial charge is 0.389 e. The summed E-state index contributed by atoms with van der Waals surface area (Å²) in [5.41, 5.74) is 0.0192. The minimum absolute atomic E-state index is 0.0462. The fraction of sp³-hybridized carbons (Fsp3) is 0.579. The molecule has 26 heavy (non-hydrogen) atoms. The Hall–Kier alpha value is -1.63. The van der Waals surface area contributed by atoms with Gasteiger partial charge in [-0.1, -0.05) is 17.7 Å². The van der Waals surface area contributed by atoms with Crippen molar-refractivity contribution >= 4 is 29.1 Å². The molecule has 2 fully saturated rings. The average Bonchev–Trinajstić information content (AvgIpc) is 2.59. The molecule has 0 bridgehead atoms. The Bertz CT molecular complexity index is 684. The smallest absolute Gasteiger partial charge is 0.225 e. The van der Waals surface area contributed by atoms with Gasteiger partial charge in [-0.2, -0.15) is 0 Å². The molecular formula is C19H26ClN3O3. The average molecular weight is 380 g/mol. The third kappa shape index (κ3) is 4.55. The number of carbonyl (C=O) groups is 2. The van der Waals surface area contributed by atoms with Crippen LogP contribution in [0.1, 0.15) is 26.2 Å². The number of hydrogen-bond donors (Lipinski definition) is 2. The molecule has 2 N–H and O–H groups in total. The summed E-state index contributed by atoms with van der Waals surface area (Å²) >= 11 is 5.93. The highest BCUT2D eigenvalue weighted by molar-refractivity contribution is 6.30. The third-order valence-electron chi connectivity index (χ3n) is 5.56. The topological polar surface area (TPSA) is 72.9 Å². The molecule has 2 aliphatic heterocycles. The Kier molecular flexibility index (Phi) is 5.85. The van der Waals surface area contributed by atoms with Crippen LogP contribution in [0.2, 0.25) is 5.02 Å². The highest BCUT2D eigenvalue weighted by Gasteiger charge is 2.45. The third-order valence-corrected chi connectivity index (χ3v) is 5.80. The van der Waals surface area contributed by atoms with E-state index in [2.05, 4.69) is 10.2 Å². The van der Waals surface area contributed by atoms with Gasteiger partial charge in [-0.25, -0.2) is 0 Å². The summed E-state index contributed by atoms with van der Waals surface area (Å²) < 4.78 is 0. The highest BCUT2D eigenvalue weighted by atomic mass is 35.5. The number of hydrogen-bond acceptors (Lipinski definition) is 4. The predicted molar refractivity (Wildman–Crippen MR) is 101 cm³/mol. The molecule has 2 saturated heterocycles. The maximum atomic E-state index is 12.2. The van der Waals surface area contributed by atoms with Crippen molar-refractivity contribution in [2.75, 3.05) is 38.0 Å². The van der Waals surface area contributed by atoms with Crippen LogP contribution in [0.4, 0.5) is 5.69 Å². The molecule has 7 heteroatoms. The Morgan fingerprint density at radius 3 is 2.81 bits per heavy atom. The first-order valence-corrected chi connectivity index (χ1v) is 9.49. The molecule has 6 nitrogen and oxygen atoms in total. The second-order valence-corrected chi connectivity index (χ2v) is 7.81.